The van der Waals surface area contributed by atoms with Crippen molar-refractivity contribution in [1.82, 2.24) is 4.90 Å². The van der Waals surface area contributed by atoms with Gasteiger partial charge in [0.2, 0.25) is 0 Å². The van der Waals surface area contributed by atoms with Crippen LogP contribution in [-0.2, 0) is 35.4 Å². The van der Waals surface area contributed by atoms with Crippen molar-refractivity contribution >= 4 is 27.2 Å². The van der Waals surface area contributed by atoms with Crippen molar-refractivity contribution in [3.05, 3.63) is 63.7 Å². The number of rotatable bonds is 17. The molecule has 3 rings (SSSR count). The predicted octanol–water partition coefficient (Wildman–Crippen LogP) is 5.20. The molecule has 1 unspecified atom stereocenters. The van der Waals surface area contributed by atoms with Gasteiger partial charge in [-0.15, -0.1) is 0 Å². The molecule has 0 N–H and O–H groups in total. The number of fused-ring (bicyclic) bond motifs is 1. The van der Waals surface area contributed by atoms with Crippen LogP contribution < -0.4 is 0 Å². The van der Waals surface area contributed by atoms with E-state index < -0.39 is 9.84 Å². The smallest absolute Gasteiger partial charge is 0.178 e. The van der Waals surface area contributed by atoms with E-state index in [9.17, 15) is 13.2 Å². The van der Waals surface area contributed by atoms with Crippen LogP contribution in [0.2, 0.25) is 5.02 Å². The van der Waals surface area contributed by atoms with Crippen LogP contribution in [0.25, 0.3) is 0 Å². The Morgan fingerprint density at radius 1 is 0.974 bits per heavy atom. The zero-order valence-corrected chi connectivity index (χ0v) is 25.0. The summed E-state index contributed by atoms with van der Waals surface area (Å²) in [6, 6.07) is 11.5. The van der Waals surface area contributed by atoms with E-state index in [0.29, 0.717) is 63.8 Å². The fourth-order valence-electron chi connectivity index (χ4n) is 4.77. The highest BCUT2D eigenvalue weighted by molar-refractivity contribution is 7.91. The molecule has 0 bridgehead atoms. The quantitative estimate of drug-likeness (QED) is 0.238. The van der Waals surface area contributed by atoms with E-state index in [1.54, 1.807) is 12.1 Å². The molecule has 7 nitrogen and oxygen atoms in total. The fraction of sp³-hybridized carbons (Fsp3) is 0.567. The summed E-state index contributed by atoms with van der Waals surface area (Å²) < 4.78 is 42.1. The van der Waals surface area contributed by atoms with E-state index in [-0.39, 0.29) is 17.5 Å². The van der Waals surface area contributed by atoms with Crippen LogP contribution in [0.3, 0.4) is 0 Å². The Morgan fingerprint density at radius 2 is 1.59 bits per heavy atom. The lowest BCUT2D eigenvalue weighted by Crippen LogP contribution is -2.31. The molecule has 0 saturated carbocycles. The minimum absolute atomic E-state index is 0.0331. The van der Waals surface area contributed by atoms with Gasteiger partial charge in [-0.3, -0.25) is 4.79 Å². The number of sulfone groups is 1. The number of carbonyl (C=O) groups excluding carboxylic acids is 1. The summed E-state index contributed by atoms with van der Waals surface area (Å²) in [6.07, 6.45) is 2.30. The first-order valence-electron chi connectivity index (χ1n) is 13.8. The number of carbonyl (C=O) groups is 1. The van der Waals surface area contributed by atoms with Gasteiger partial charge in [-0.2, -0.15) is 0 Å². The number of ether oxygens (including phenoxy) is 3. The Kier molecular flexibility index (Phi) is 12.9. The molecule has 0 radical (unpaired) electrons. The van der Waals surface area contributed by atoms with Crippen LogP contribution in [0, 0.1) is 6.92 Å². The van der Waals surface area contributed by atoms with Gasteiger partial charge in [-0.25, -0.2) is 8.42 Å². The molecule has 0 aromatic heterocycles. The molecule has 0 fully saturated rings. The largest absolute Gasteiger partial charge is 0.379 e. The van der Waals surface area contributed by atoms with E-state index in [0.717, 1.165) is 41.2 Å². The van der Waals surface area contributed by atoms with Crippen LogP contribution >= 0.6 is 11.6 Å². The average molecular weight is 580 g/mol. The number of likely N-dealkylation sites (N-methyl/N-ethyl adjacent to an activating group) is 1. The second kappa shape index (κ2) is 15.8. The van der Waals surface area contributed by atoms with Crippen LogP contribution in [0.15, 0.2) is 41.3 Å². The highest BCUT2D eigenvalue weighted by Gasteiger charge is 2.27. The molecule has 9 heteroatoms. The van der Waals surface area contributed by atoms with Gasteiger partial charge >= 0.3 is 0 Å². The number of hydrogen-bond acceptors (Lipinski definition) is 7. The summed E-state index contributed by atoms with van der Waals surface area (Å²) in [6.45, 7) is 8.26. The normalized spacial score (nSPS) is 15.8. The summed E-state index contributed by atoms with van der Waals surface area (Å²) >= 11 is 6.55. The van der Waals surface area contributed by atoms with Crippen LogP contribution in [0.1, 0.15) is 60.8 Å². The minimum atomic E-state index is -3.39. The maximum absolute atomic E-state index is 12.9. The van der Waals surface area contributed by atoms with Gasteiger partial charge in [0.1, 0.15) is 5.78 Å². The number of benzene rings is 2. The van der Waals surface area contributed by atoms with E-state index in [2.05, 4.69) is 18.0 Å². The summed E-state index contributed by atoms with van der Waals surface area (Å²) in [7, 11) is -1.31. The highest BCUT2D eigenvalue weighted by atomic mass is 35.5. The first-order chi connectivity index (χ1) is 18.7. The maximum atomic E-state index is 12.9. The van der Waals surface area contributed by atoms with Gasteiger partial charge in [0.05, 0.1) is 37.1 Å². The van der Waals surface area contributed by atoms with Crippen molar-refractivity contribution in [1.29, 1.82) is 0 Å². The number of aryl methyl sites for hydroxylation is 1. The molecule has 1 aliphatic rings. The van der Waals surface area contributed by atoms with Crippen molar-refractivity contribution in [2.75, 3.05) is 59.0 Å². The Morgan fingerprint density at radius 3 is 2.23 bits per heavy atom. The van der Waals surface area contributed by atoms with Gasteiger partial charge in [0.15, 0.2) is 9.84 Å². The second-order valence-electron chi connectivity index (χ2n) is 10.1. The number of halogens is 1. The molecule has 0 spiro atoms. The van der Waals surface area contributed by atoms with Gasteiger partial charge in [-0.05, 0) is 67.3 Å². The van der Waals surface area contributed by atoms with Crippen molar-refractivity contribution in [2.45, 2.75) is 56.9 Å². The number of ketones is 1. The van der Waals surface area contributed by atoms with Crippen molar-refractivity contribution < 1.29 is 27.4 Å². The highest BCUT2D eigenvalue weighted by Crippen LogP contribution is 2.37. The predicted molar refractivity (Wildman–Crippen MR) is 154 cm³/mol. The van der Waals surface area contributed by atoms with Crippen LogP contribution in [0.5, 0.6) is 0 Å². The van der Waals surface area contributed by atoms with E-state index in [1.165, 1.54) is 5.56 Å². The molecule has 216 valence electrons. The van der Waals surface area contributed by atoms with Crippen molar-refractivity contribution in [2.24, 2.45) is 0 Å². The summed E-state index contributed by atoms with van der Waals surface area (Å²) in [5.74, 6) is 0.436. The third kappa shape index (κ3) is 9.95. The lowest BCUT2D eigenvalue weighted by molar-refractivity contribution is -0.119. The van der Waals surface area contributed by atoms with Gasteiger partial charge in [0, 0.05) is 50.1 Å². The molecular formula is C30H42ClNO6S. The molecule has 1 aliphatic heterocycles. The molecule has 1 atom stereocenters. The standard InChI is InChI=1S/C30H42ClNO6S/c1-4-25(33)7-5-12-36-14-16-38-17-15-37-13-6-18-39(34,35)26-10-8-24(9-11-26)28-21-32(3)22-29-27(28)19-23(2)20-30(29)31/h8-11,19-20,28H,4-7,12-18,21-22H2,1-3H3. The molecular weight excluding hydrogens is 538 g/mol. The Hall–Kier alpha value is -1.81. The summed E-state index contributed by atoms with van der Waals surface area (Å²) in [5, 5.41) is 0.788. The summed E-state index contributed by atoms with van der Waals surface area (Å²) in [5.41, 5.74) is 4.59. The van der Waals surface area contributed by atoms with E-state index in [4.69, 9.17) is 25.8 Å². The van der Waals surface area contributed by atoms with Crippen LogP contribution in [-0.4, -0.2) is 78.1 Å². The Bertz CT molecular complexity index is 1170. The fourth-order valence-corrected chi connectivity index (χ4v) is 6.40. The van der Waals surface area contributed by atoms with Crippen LogP contribution in [0.4, 0.5) is 0 Å². The molecule has 2 aromatic carbocycles. The SMILES string of the molecule is CCC(=O)CCCOCCOCCOCCCS(=O)(=O)c1ccc(C2CN(C)Cc3c(Cl)cc(C)cc32)cc1. The average Bonchev–Trinajstić information content (AvgIpc) is 2.91. The molecule has 0 saturated heterocycles. The third-order valence-electron chi connectivity index (χ3n) is 6.90. The molecule has 1 heterocycles. The molecule has 39 heavy (non-hydrogen) atoms. The van der Waals surface area contributed by atoms with E-state index >= 15 is 0 Å². The third-order valence-corrected chi connectivity index (χ3v) is 9.05. The van der Waals surface area contributed by atoms with Crippen molar-refractivity contribution in [3.8, 4) is 0 Å². The zero-order chi connectivity index (χ0) is 28.3. The maximum Gasteiger partial charge on any atom is 0.178 e. The molecule has 0 amide bonds. The lowest BCUT2D eigenvalue weighted by atomic mass is 9.84. The first-order valence-corrected chi connectivity index (χ1v) is 15.8. The number of Topliss-reactive ketones (excluding diaryl/α,β-unsaturated/α-hetero) is 1. The first kappa shape index (κ1) is 31.7. The topological polar surface area (TPSA) is 82.1 Å². The number of hydrogen-bond donors (Lipinski definition) is 0. The Balaban J connectivity index is 1.36. The van der Waals surface area contributed by atoms with Gasteiger partial charge in [-0.1, -0.05) is 36.7 Å². The lowest BCUT2D eigenvalue weighted by Gasteiger charge is -2.33. The zero-order valence-electron chi connectivity index (χ0n) is 23.4. The van der Waals surface area contributed by atoms with Crippen molar-refractivity contribution in [3.63, 3.8) is 0 Å². The van der Waals surface area contributed by atoms with Gasteiger partial charge < -0.3 is 19.1 Å². The minimum Gasteiger partial charge on any atom is -0.379 e. The van der Waals surface area contributed by atoms with Gasteiger partial charge in [0.25, 0.3) is 0 Å². The second-order valence-corrected chi connectivity index (χ2v) is 12.7. The van der Waals surface area contributed by atoms with E-state index in [1.807, 2.05) is 32.0 Å². The Labute approximate surface area is 238 Å². The molecule has 2 aromatic rings. The molecule has 0 aliphatic carbocycles. The number of nitrogens with zero attached hydrogens (tertiary/aromatic N) is 1. The summed E-state index contributed by atoms with van der Waals surface area (Å²) in [4.78, 5) is 13.8. The monoisotopic (exact) mass is 579 g/mol.